The number of hydrogen-bond acceptors (Lipinski definition) is 4. The van der Waals surface area contributed by atoms with Gasteiger partial charge in [-0.05, 0) is 19.1 Å². The van der Waals surface area contributed by atoms with Crippen LogP contribution in [0.3, 0.4) is 0 Å². The van der Waals surface area contributed by atoms with Gasteiger partial charge in [0, 0.05) is 26.2 Å². The van der Waals surface area contributed by atoms with Crippen molar-refractivity contribution in [3.63, 3.8) is 0 Å². The van der Waals surface area contributed by atoms with Crippen molar-refractivity contribution < 1.29 is 13.9 Å². The van der Waals surface area contributed by atoms with Crippen molar-refractivity contribution in [3.8, 4) is 0 Å². The molecule has 0 amide bonds. The molecule has 0 aliphatic rings. The Balaban J connectivity index is 2.60. The lowest BCUT2D eigenvalue weighted by atomic mass is 10.4. The molecular weight excluding hydrogens is 194 g/mol. The van der Waals surface area contributed by atoms with E-state index in [1.807, 2.05) is 25.1 Å². The molecule has 0 bridgehead atoms. The third-order valence-electron chi connectivity index (χ3n) is 1.72. The highest BCUT2D eigenvalue weighted by molar-refractivity contribution is 5.86. The molecule has 0 fully saturated rings. The van der Waals surface area contributed by atoms with Crippen LogP contribution in [0.4, 0.5) is 5.88 Å². The van der Waals surface area contributed by atoms with Crippen molar-refractivity contribution in [1.82, 2.24) is 0 Å². The summed E-state index contributed by atoms with van der Waals surface area (Å²) in [6.45, 7) is 2.15. The normalized spacial score (nSPS) is 10.6. The van der Waals surface area contributed by atoms with E-state index in [0.29, 0.717) is 12.4 Å². The smallest absolute Gasteiger partial charge is 0.330 e. The predicted molar refractivity (Wildman–Crippen MR) is 58.7 cm³/mol. The molecule has 0 spiro atoms. The van der Waals surface area contributed by atoms with E-state index in [-0.39, 0.29) is 5.97 Å². The van der Waals surface area contributed by atoms with Crippen LogP contribution in [0.15, 0.2) is 22.6 Å². The quantitative estimate of drug-likeness (QED) is 0.561. The Morgan fingerprint density at radius 1 is 1.53 bits per heavy atom. The average Bonchev–Trinajstić information content (AvgIpc) is 2.63. The SMILES string of the molecule is CCOC(=O)C=Cc1ccc(N(C)C)o1. The lowest BCUT2D eigenvalue weighted by Gasteiger charge is -2.05. The largest absolute Gasteiger partial charge is 0.463 e. The van der Waals surface area contributed by atoms with E-state index in [1.54, 1.807) is 19.1 Å². The number of furan rings is 1. The Kier molecular flexibility index (Phi) is 3.97. The van der Waals surface area contributed by atoms with Crippen LogP contribution in [0.5, 0.6) is 0 Å². The molecule has 1 aromatic heterocycles. The molecule has 0 N–H and O–H groups in total. The van der Waals surface area contributed by atoms with E-state index in [2.05, 4.69) is 0 Å². The van der Waals surface area contributed by atoms with Crippen LogP contribution in [-0.2, 0) is 9.53 Å². The number of ether oxygens (including phenoxy) is 1. The molecule has 15 heavy (non-hydrogen) atoms. The number of hydrogen-bond donors (Lipinski definition) is 0. The molecule has 4 heteroatoms. The van der Waals surface area contributed by atoms with Crippen LogP contribution in [-0.4, -0.2) is 26.7 Å². The van der Waals surface area contributed by atoms with Gasteiger partial charge in [0.25, 0.3) is 0 Å². The molecule has 0 radical (unpaired) electrons. The summed E-state index contributed by atoms with van der Waals surface area (Å²) in [7, 11) is 3.77. The molecule has 0 aliphatic carbocycles. The fourth-order valence-corrected chi connectivity index (χ4v) is 1.01. The Morgan fingerprint density at radius 2 is 2.27 bits per heavy atom. The standard InChI is InChI=1S/C11H15NO3/c1-4-14-11(13)8-6-9-5-7-10(15-9)12(2)3/h5-8H,4H2,1-3H3. The van der Waals surface area contributed by atoms with Gasteiger partial charge < -0.3 is 14.1 Å². The Labute approximate surface area is 89.1 Å². The van der Waals surface area contributed by atoms with Crippen molar-refractivity contribution in [1.29, 1.82) is 0 Å². The fourth-order valence-electron chi connectivity index (χ4n) is 1.01. The van der Waals surface area contributed by atoms with E-state index in [1.165, 1.54) is 6.08 Å². The molecule has 0 aliphatic heterocycles. The third-order valence-corrected chi connectivity index (χ3v) is 1.72. The lowest BCUT2D eigenvalue weighted by Crippen LogP contribution is -2.06. The van der Waals surface area contributed by atoms with Crippen molar-refractivity contribution >= 4 is 17.9 Å². The van der Waals surface area contributed by atoms with Gasteiger partial charge in [-0.15, -0.1) is 0 Å². The second kappa shape index (κ2) is 5.24. The van der Waals surface area contributed by atoms with Crippen LogP contribution in [0, 0.1) is 0 Å². The van der Waals surface area contributed by atoms with Crippen LogP contribution < -0.4 is 4.90 Å². The summed E-state index contributed by atoms with van der Waals surface area (Å²) in [6.07, 6.45) is 2.94. The molecule has 4 nitrogen and oxygen atoms in total. The summed E-state index contributed by atoms with van der Waals surface area (Å²) in [5.41, 5.74) is 0. The van der Waals surface area contributed by atoms with Gasteiger partial charge in [0.1, 0.15) is 5.76 Å². The summed E-state index contributed by atoms with van der Waals surface area (Å²) in [5, 5.41) is 0. The van der Waals surface area contributed by atoms with Crippen molar-refractivity contribution in [3.05, 3.63) is 24.0 Å². The zero-order valence-electron chi connectivity index (χ0n) is 9.19. The minimum Gasteiger partial charge on any atom is -0.463 e. The Morgan fingerprint density at radius 3 is 2.80 bits per heavy atom. The molecular formula is C11H15NO3. The van der Waals surface area contributed by atoms with Crippen molar-refractivity contribution in [2.24, 2.45) is 0 Å². The summed E-state index contributed by atoms with van der Waals surface area (Å²) in [6, 6.07) is 3.63. The molecule has 1 rings (SSSR count). The highest BCUT2D eigenvalue weighted by Gasteiger charge is 2.01. The van der Waals surface area contributed by atoms with Crippen LogP contribution in [0.1, 0.15) is 12.7 Å². The van der Waals surface area contributed by atoms with E-state index in [0.717, 1.165) is 5.88 Å². The summed E-state index contributed by atoms with van der Waals surface area (Å²) < 4.78 is 10.1. The molecule has 0 atom stereocenters. The maximum absolute atomic E-state index is 11.0. The minimum atomic E-state index is -0.361. The highest BCUT2D eigenvalue weighted by Crippen LogP contribution is 2.16. The van der Waals surface area contributed by atoms with Crippen LogP contribution in [0.2, 0.25) is 0 Å². The van der Waals surface area contributed by atoms with Crippen LogP contribution >= 0.6 is 0 Å². The van der Waals surface area contributed by atoms with E-state index in [4.69, 9.17) is 9.15 Å². The van der Waals surface area contributed by atoms with Gasteiger partial charge in [-0.1, -0.05) is 0 Å². The van der Waals surface area contributed by atoms with Gasteiger partial charge in [0.2, 0.25) is 0 Å². The molecule has 1 heterocycles. The second-order valence-corrected chi connectivity index (χ2v) is 3.16. The number of anilines is 1. The Hall–Kier alpha value is -1.71. The first kappa shape index (κ1) is 11.4. The number of carbonyl (C=O) groups excluding carboxylic acids is 1. The number of nitrogens with zero attached hydrogens (tertiary/aromatic N) is 1. The third kappa shape index (κ3) is 3.50. The van der Waals surface area contributed by atoms with Gasteiger partial charge in [-0.3, -0.25) is 0 Å². The fraction of sp³-hybridized carbons (Fsp3) is 0.364. The highest BCUT2D eigenvalue weighted by atomic mass is 16.5. The van der Waals surface area contributed by atoms with Gasteiger partial charge in [0.15, 0.2) is 5.88 Å². The average molecular weight is 209 g/mol. The zero-order valence-corrected chi connectivity index (χ0v) is 9.19. The Bertz CT molecular complexity index is 352. The summed E-state index contributed by atoms with van der Waals surface area (Å²) in [4.78, 5) is 12.8. The zero-order chi connectivity index (χ0) is 11.3. The van der Waals surface area contributed by atoms with Crippen molar-refractivity contribution in [2.75, 3.05) is 25.6 Å². The second-order valence-electron chi connectivity index (χ2n) is 3.16. The van der Waals surface area contributed by atoms with Gasteiger partial charge in [-0.2, -0.15) is 0 Å². The molecule has 0 unspecified atom stereocenters. The van der Waals surface area contributed by atoms with Gasteiger partial charge in [0.05, 0.1) is 6.61 Å². The topological polar surface area (TPSA) is 42.7 Å². The number of esters is 1. The first-order valence-corrected chi connectivity index (χ1v) is 4.75. The van der Waals surface area contributed by atoms with Gasteiger partial charge >= 0.3 is 5.97 Å². The first-order valence-electron chi connectivity index (χ1n) is 4.75. The molecule has 0 aromatic carbocycles. The van der Waals surface area contributed by atoms with Crippen LogP contribution in [0.25, 0.3) is 6.08 Å². The number of rotatable bonds is 4. The lowest BCUT2D eigenvalue weighted by molar-refractivity contribution is -0.137. The molecule has 0 saturated carbocycles. The van der Waals surface area contributed by atoms with E-state index >= 15 is 0 Å². The molecule has 1 aromatic rings. The maximum Gasteiger partial charge on any atom is 0.330 e. The first-order chi connectivity index (χ1) is 7.13. The van der Waals surface area contributed by atoms with E-state index < -0.39 is 0 Å². The van der Waals surface area contributed by atoms with E-state index in [9.17, 15) is 4.79 Å². The predicted octanol–water partition coefficient (Wildman–Crippen LogP) is 1.92. The minimum absolute atomic E-state index is 0.361. The summed E-state index contributed by atoms with van der Waals surface area (Å²) in [5.74, 6) is 1.02. The maximum atomic E-state index is 11.0. The molecule has 82 valence electrons. The molecule has 0 saturated heterocycles. The number of carbonyl (C=O) groups is 1. The van der Waals surface area contributed by atoms with Crippen molar-refractivity contribution in [2.45, 2.75) is 6.92 Å². The summed E-state index contributed by atoms with van der Waals surface area (Å²) >= 11 is 0. The van der Waals surface area contributed by atoms with Gasteiger partial charge in [-0.25, -0.2) is 4.79 Å². The monoisotopic (exact) mass is 209 g/mol.